The van der Waals surface area contributed by atoms with Gasteiger partial charge in [0.25, 0.3) is 0 Å². The van der Waals surface area contributed by atoms with Gasteiger partial charge >= 0.3 is 0 Å². The highest BCUT2D eigenvalue weighted by atomic mass is 32.1. The summed E-state index contributed by atoms with van der Waals surface area (Å²) in [6.07, 6.45) is -0.421. The monoisotopic (exact) mass is 171 g/mol. The van der Waals surface area contributed by atoms with E-state index in [0.717, 1.165) is 13.1 Å². The molecule has 1 aromatic heterocycles. The fourth-order valence-corrected chi connectivity index (χ4v) is 1.56. The van der Waals surface area contributed by atoms with Gasteiger partial charge in [0.15, 0.2) is 0 Å². The summed E-state index contributed by atoms with van der Waals surface area (Å²) < 4.78 is 3.70. The van der Waals surface area contributed by atoms with Crippen LogP contribution in [0.5, 0.6) is 0 Å². The van der Waals surface area contributed by atoms with Crippen molar-refractivity contribution in [2.45, 2.75) is 6.10 Å². The van der Waals surface area contributed by atoms with Crippen molar-refractivity contribution in [2.24, 2.45) is 5.92 Å². The Hall–Kier alpha value is -0.520. The van der Waals surface area contributed by atoms with E-state index in [1.54, 1.807) is 5.38 Å². The lowest BCUT2D eigenvalue weighted by molar-refractivity contribution is 0.0731. The van der Waals surface area contributed by atoms with Crippen molar-refractivity contribution >= 4 is 11.5 Å². The molecule has 2 rings (SSSR count). The molecule has 0 aromatic carbocycles. The number of hydrogen-bond donors (Lipinski definition) is 2. The molecular weight excluding hydrogens is 162 g/mol. The quantitative estimate of drug-likeness (QED) is 0.646. The lowest BCUT2D eigenvalue weighted by Crippen LogP contribution is -2.45. The van der Waals surface area contributed by atoms with E-state index in [1.807, 2.05) is 0 Å². The Morgan fingerprint density at radius 3 is 3.00 bits per heavy atom. The summed E-state index contributed by atoms with van der Waals surface area (Å²) in [7, 11) is 0. The number of hydrogen-bond acceptors (Lipinski definition) is 5. The molecule has 0 spiro atoms. The largest absolute Gasteiger partial charge is 0.386 e. The Morgan fingerprint density at radius 2 is 2.55 bits per heavy atom. The zero-order chi connectivity index (χ0) is 7.68. The number of aliphatic hydroxyl groups is 1. The molecule has 1 fully saturated rings. The topological polar surface area (TPSA) is 58.0 Å². The summed E-state index contributed by atoms with van der Waals surface area (Å²) in [5, 5.41) is 18.3. The van der Waals surface area contributed by atoms with Crippen LogP contribution in [0.25, 0.3) is 0 Å². The molecule has 2 heterocycles. The van der Waals surface area contributed by atoms with Crippen LogP contribution in [0, 0.1) is 5.92 Å². The Morgan fingerprint density at radius 1 is 1.73 bits per heavy atom. The summed E-state index contributed by atoms with van der Waals surface area (Å²) in [5.41, 5.74) is 0.710. The number of rotatable bonds is 2. The zero-order valence-corrected chi connectivity index (χ0v) is 6.71. The van der Waals surface area contributed by atoms with Crippen LogP contribution in [-0.4, -0.2) is 27.8 Å². The summed E-state index contributed by atoms with van der Waals surface area (Å²) in [4.78, 5) is 0. The second kappa shape index (κ2) is 2.84. The third kappa shape index (κ3) is 1.26. The van der Waals surface area contributed by atoms with Gasteiger partial charge in [-0.05, 0) is 11.5 Å². The maximum absolute atomic E-state index is 9.59. The van der Waals surface area contributed by atoms with Crippen LogP contribution in [0.2, 0.25) is 0 Å². The van der Waals surface area contributed by atoms with E-state index in [1.165, 1.54) is 11.5 Å². The van der Waals surface area contributed by atoms with Gasteiger partial charge in [-0.15, -0.1) is 5.10 Å². The molecule has 0 aliphatic carbocycles. The van der Waals surface area contributed by atoms with E-state index in [-0.39, 0.29) is 0 Å². The van der Waals surface area contributed by atoms with Crippen LogP contribution in [0.15, 0.2) is 5.38 Å². The fourth-order valence-electron chi connectivity index (χ4n) is 1.08. The van der Waals surface area contributed by atoms with Gasteiger partial charge in [-0.2, -0.15) is 0 Å². The van der Waals surface area contributed by atoms with Crippen molar-refractivity contribution in [1.82, 2.24) is 14.9 Å². The average molecular weight is 171 g/mol. The molecule has 4 nitrogen and oxygen atoms in total. The smallest absolute Gasteiger partial charge is 0.104 e. The maximum Gasteiger partial charge on any atom is 0.104 e. The van der Waals surface area contributed by atoms with E-state index in [2.05, 4.69) is 14.9 Å². The first-order valence-corrected chi connectivity index (χ1v) is 4.37. The lowest BCUT2D eigenvalue weighted by Gasteiger charge is -2.30. The van der Waals surface area contributed by atoms with Crippen LogP contribution >= 0.6 is 11.5 Å². The molecule has 1 unspecified atom stereocenters. The van der Waals surface area contributed by atoms with Crippen molar-refractivity contribution in [1.29, 1.82) is 0 Å². The van der Waals surface area contributed by atoms with Crippen LogP contribution in [-0.2, 0) is 0 Å². The molecule has 60 valence electrons. The number of aromatic nitrogens is 2. The minimum atomic E-state index is -0.421. The normalized spacial score (nSPS) is 21.2. The minimum absolute atomic E-state index is 0.332. The SMILES string of the molecule is OC(c1csnn1)C1CNC1. The van der Waals surface area contributed by atoms with E-state index in [4.69, 9.17) is 0 Å². The number of aliphatic hydroxyl groups excluding tert-OH is 1. The Kier molecular flexibility index (Phi) is 1.85. The highest BCUT2D eigenvalue weighted by Gasteiger charge is 2.27. The second-order valence-corrected chi connectivity index (χ2v) is 3.30. The zero-order valence-electron chi connectivity index (χ0n) is 5.90. The molecule has 5 heteroatoms. The van der Waals surface area contributed by atoms with Gasteiger partial charge < -0.3 is 10.4 Å². The Bertz CT molecular complexity index is 222. The van der Waals surface area contributed by atoms with Crippen LogP contribution in [0.1, 0.15) is 11.8 Å². The van der Waals surface area contributed by atoms with E-state index in [9.17, 15) is 5.11 Å². The third-order valence-electron chi connectivity index (χ3n) is 1.94. The number of nitrogens with zero attached hydrogens (tertiary/aromatic N) is 2. The highest BCUT2D eigenvalue weighted by Crippen LogP contribution is 2.23. The van der Waals surface area contributed by atoms with Gasteiger partial charge in [0.2, 0.25) is 0 Å². The van der Waals surface area contributed by atoms with Crippen molar-refractivity contribution < 1.29 is 5.11 Å². The first-order chi connectivity index (χ1) is 5.38. The highest BCUT2D eigenvalue weighted by molar-refractivity contribution is 7.03. The van der Waals surface area contributed by atoms with Gasteiger partial charge in [-0.25, -0.2) is 0 Å². The molecular formula is C6H9N3OS. The summed E-state index contributed by atoms with van der Waals surface area (Å²) in [6, 6.07) is 0. The molecule has 2 N–H and O–H groups in total. The fraction of sp³-hybridized carbons (Fsp3) is 0.667. The Balaban J connectivity index is 2.04. The molecule has 1 aliphatic rings. The predicted octanol–water partition coefficient (Wildman–Crippen LogP) is -0.209. The molecule has 11 heavy (non-hydrogen) atoms. The summed E-state index contributed by atoms with van der Waals surface area (Å²) >= 11 is 1.28. The summed E-state index contributed by atoms with van der Waals surface area (Å²) in [6.45, 7) is 1.78. The van der Waals surface area contributed by atoms with Crippen molar-refractivity contribution in [2.75, 3.05) is 13.1 Å². The van der Waals surface area contributed by atoms with Crippen LogP contribution in [0.4, 0.5) is 0 Å². The van der Waals surface area contributed by atoms with Gasteiger partial charge in [-0.1, -0.05) is 4.49 Å². The van der Waals surface area contributed by atoms with Crippen LogP contribution in [0.3, 0.4) is 0 Å². The molecule has 1 saturated heterocycles. The second-order valence-electron chi connectivity index (χ2n) is 2.69. The van der Waals surface area contributed by atoms with Crippen molar-refractivity contribution in [3.63, 3.8) is 0 Å². The van der Waals surface area contributed by atoms with Gasteiger partial charge in [0.1, 0.15) is 11.8 Å². The Labute approximate surface area is 68.4 Å². The van der Waals surface area contributed by atoms with E-state index < -0.39 is 6.10 Å². The molecule has 0 amide bonds. The number of nitrogens with one attached hydrogen (secondary N) is 1. The van der Waals surface area contributed by atoms with E-state index >= 15 is 0 Å². The first kappa shape index (κ1) is 7.15. The standard InChI is InChI=1S/C6H9N3OS/c10-6(4-1-7-2-4)5-3-11-9-8-5/h3-4,6-7,10H,1-2H2. The van der Waals surface area contributed by atoms with E-state index in [0.29, 0.717) is 11.6 Å². The molecule has 1 aromatic rings. The lowest BCUT2D eigenvalue weighted by atomic mass is 9.95. The molecule has 1 aliphatic heterocycles. The van der Waals surface area contributed by atoms with Crippen molar-refractivity contribution in [3.8, 4) is 0 Å². The van der Waals surface area contributed by atoms with Gasteiger partial charge in [-0.3, -0.25) is 0 Å². The van der Waals surface area contributed by atoms with Crippen LogP contribution < -0.4 is 5.32 Å². The average Bonchev–Trinajstić information content (AvgIpc) is 2.32. The molecule has 0 radical (unpaired) electrons. The molecule has 1 atom stereocenters. The third-order valence-corrected chi connectivity index (χ3v) is 2.46. The van der Waals surface area contributed by atoms with Gasteiger partial charge in [0, 0.05) is 24.4 Å². The van der Waals surface area contributed by atoms with Crippen molar-refractivity contribution in [3.05, 3.63) is 11.1 Å². The van der Waals surface area contributed by atoms with Gasteiger partial charge in [0.05, 0.1) is 0 Å². The first-order valence-electron chi connectivity index (χ1n) is 3.53. The predicted molar refractivity (Wildman–Crippen MR) is 41.2 cm³/mol. The summed E-state index contributed by atoms with van der Waals surface area (Å²) in [5.74, 6) is 0.332. The maximum atomic E-state index is 9.59. The molecule has 0 bridgehead atoms. The molecule has 0 saturated carbocycles. The minimum Gasteiger partial charge on any atom is -0.386 e.